The van der Waals surface area contributed by atoms with Crippen LogP contribution in [-0.2, 0) is 0 Å². The number of anilines is 1. The molecule has 0 amide bonds. The fraction of sp³-hybridized carbons (Fsp3) is 0.333. The largest absolute Gasteiger partial charge is 0.507 e. The van der Waals surface area contributed by atoms with E-state index in [1.807, 2.05) is 18.0 Å². The predicted octanol–water partition coefficient (Wildman–Crippen LogP) is 0.651. The summed E-state index contributed by atoms with van der Waals surface area (Å²) in [4.78, 5) is 6.41. The van der Waals surface area contributed by atoms with Crippen LogP contribution in [0.2, 0.25) is 0 Å². The number of aliphatic hydroxyl groups is 1. The highest BCUT2D eigenvalue weighted by molar-refractivity contribution is 5.73. The molecule has 9 nitrogen and oxygen atoms in total. The van der Waals surface area contributed by atoms with Gasteiger partial charge in [-0.15, -0.1) is 10.2 Å². The third-order valence-electron chi connectivity index (χ3n) is 4.98. The van der Waals surface area contributed by atoms with Crippen molar-refractivity contribution in [3.63, 3.8) is 0 Å². The molecule has 1 aliphatic heterocycles. The first-order valence-corrected chi connectivity index (χ1v) is 8.75. The van der Waals surface area contributed by atoms with Gasteiger partial charge < -0.3 is 20.4 Å². The first-order chi connectivity index (χ1) is 13.2. The van der Waals surface area contributed by atoms with Crippen LogP contribution >= 0.6 is 0 Å². The minimum Gasteiger partial charge on any atom is -0.507 e. The molecule has 0 spiro atoms. The molecule has 0 bridgehead atoms. The van der Waals surface area contributed by atoms with Crippen molar-refractivity contribution in [1.29, 1.82) is 0 Å². The van der Waals surface area contributed by atoms with Gasteiger partial charge in [-0.1, -0.05) is 6.07 Å². The second-order valence-electron chi connectivity index (χ2n) is 6.61. The summed E-state index contributed by atoms with van der Waals surface area (Å²) in [5.41, 5.74) is 2.81. The maximum absolute atomic E-state index is 10.4. The van der Waals surface area contributed by atoms with Crippen molar-refractivity contribution in [2.24, 2.45) is 5.92 Å². The lowest BCUT2D eigenvalue weighted by atomic mass is 10.0. The molecule has 0 radical (unpaired) electrons. The van der Waals surface area contributed by atoms with Gasteiger partial charge in [0.2, 0.25) is 5.95 Å². The van der Waals surface area contributed by atoms with Gasteiger partial charge >= 0.3 is 0 Å². The number of phenols is 1. The first-order valence-electron chi connectivity index (χ1n) is 8.75. The van der Waals surface area contributed by atoms with E-state index in [9.17, 15) is 10.2 Å². The van der Waals surface area contributed by atoms with Gasteiger partial charge in [-0.25, -0.2) is 4.98 Å². The number of H-pyrrole nitrogens is 1. The average Bonchev–Trinajstić information content (AvgIpc) is 3.38. The van der Waals surface area contributed by atoms with Crippen LogP contribution in [0.1, 0.15) is 0 Å². The molecule has 2 atom stereocenters. The summed E-state index contributed by atoms with van der Waals surface area (Å²) in [5, 5.41) is 38.2. The maximum Gasteiger partial charge on any atom is 0.245 e. The van der Waals surface area contributed by atoms with Crippen molar-refractivity contribution in [1.82, 2.24) is 30.7 Å². The fourth-order valence-corrected chi connectivity index (χ4v) is 3.42. The third kappa shape index (κ3) is 3.34. The van der Waals surface area contributed by atoms with Gasteiger partial charge in [-0.3, -0.25) is 5.10 Å². The molecule has 140 valence electrons. The normalized spacial score (nSPS) is 19.6. The van der Waals surface area contributed by atoms with Crippen LogP contribution < -0.4 is 10.2 Å². The lowest BCUT2D eigenvalue weighted by Gasteiger charge is -2.15. The molecule has 2 aromatic heterocycles. The smallest absolute Gasteiger partial charge is 0.245 e. The number of benzene rings is 1. The fourth-order valence-electron chi connectivity index (χ4n) is 3.42. The Morgan fingerprint density at radius 1 is 1.22 bits per heavy atom. The van der Waals surface area contributed by atoms with Gasteiger partial charge in [0, 0.05) is 49.0 Å². The van der Waals surface area contributed by atoms with Crippen LogP contribution in [0.15, 0.2) is 36.8 Å². The molecule has 0 saturated carbocycles. The summed E-state index contributed by atoms with van der Waals surface area (Å²) in [5.74, 6) is 0.761. The van der Waals surface area contributed by atoms with Crippen LogP contribution in [0, 0.1) is 5.92 Å². The van der Waals surface area contributed by atoms with E-state index in [0.29, 0.717) is 30.3 Å². The lowest BCUT2D eigenvalue weighted by Crippen LogP contribution is -2.34. The van der Waals surface area contributed by atoms with Crippen molar-refractivity contribution < 1.29 is 10.2 Å². The minimum absolute atomic E-state index is 0.106. The van der Waals surface area contributed by atoms with E-state index < -0.39 is 0 Å². The standard InChI is InChI=1S/C18H21N7O2/c1-19-16-9-25(8-13(16)10-26)18-20-7-15(23-24-18)14-3-2-11(4-17(14)27)12-5-21-22-6-12/h2-7,13,16,19,26-27H,8-10H2,1H3,(H,21,22)/t13-,16+/m0/s1. The summed E-state index contributed by atoms with van der Waals surface area (Å²) in [6, 6.07) is 5.54. The maximum atomic E-state index is 10.4. The molecule has 1 fully saturated rings. The van der Waals surface area contributed by atoms with Crippen molar-refractivity contribution in [2.45, 2.75) is 6.04 Å². The highest BCUT2D eigenvalue weighted by Crippen LogP contribution is 2.32. The zero-order chi connectivity index (χ0) is 18.8. The highest BCUT2D eigenvalue weighted by atomic mass is 16.3. The number of aromatic nitrogens is 5. The summed E-state index contributed by atoms with van der Waals surface area (Å²) in [6.07, 6.45) is 5.06. The molecule has 1 aliphatic rings. The number of likely N-dealkylation sites (N-methyl/N-ethyl adjacent to an activating group) is 1. The number of aromatic amines is 1. The number of hydrogen-bond donors (Lipinski definition) is 4. The molecular formula is C18H21N7O2. The quantitative estimate of drug-likeness (QED) is 0.518. The molecule has 9 heteroatoms. The van der Waals surface area contributed by atoms with Gasteiger partial charge in [0.1, 0.15) is 11.4 Å². The van der Waals surface area contributed by atoms with E-state index >= 15 is 0 Å². The van der Waals surface area contributed by atoms with Crippen LogP contribution in [0.4, 0.5) is 5.95 Å². The number of rotatable bonds is 5. The van der Waals surface area contributed by atoms with Crippen molar-refractivity contribution in [2.75, 3.05) is 31.6 Å². The predicted molar refractivity (Wildman–Crippen MR) is 100 cm³/mol. The number of nitrogens with one attached hydrogen (secondary N) is 2. The van der Waals surface area contributed by atoms with E-state index in [2.05, 4.69) is 30.7 Å². The Hall–Kier alpha value is -3.04. The number of phenolic OH excluding ortho intramolecular Hbond substituents is 1. The van der Waals surface area contributed by atoms with Gasteiger partial charge in [0.15, 0.2) is 0 Å². The first kappa shape index (κ1) is 17.4. The molecule has 0 unspecified atom stereocenters. The number of aliphatic hydroxyl groups excluding tert-OH is 1. The van der Waals surface area contributed by atoms with Gasteiger partial charge in [0.05, 0.1) is 12.4 Å². The summed E-state index contributed by atoms with van der Waals surface area (Å²) in [7, 11) is 1.88. The Balaban J connectivity index is 1.54. The SMILES string of the molecule is CN[C@@H]1CN(c2ncc(-c3ccc(-c4cn[nH]c4)cc3O)nn2)C[C@H]1CO. The monoisotopic (exact) mass is 367 g/mol. The Labute approximate surface area is 156 Å². The molecule has 4 N–H and O–H groups in total. The van der Waals surface area contributed by atoms with Gasteiger partial charge in [-0.2, -0.15) is 5.10 Å². The van der Waals surface area contributed by atoms with E-state index in [1.165, 1.54) is 0 Å². The van der Waals surface area contributed by atoms with E-state index in [-0.39, 0.29) is 24.3 Å². The summed E-state index contributed by atoms with van der Waals surface area (Å²) >= 11 is 0. The van der Waals surface area contributed by atoms with Gasteiger partial charge in [0.25, 0.3) is 0 Å². The van der Waals surface area contributed by atoms with Gasteiger partial charge in [-0.05, 0) is 24.7 Å². The topological polar surface area (TPSA) is 123 Å². The lowest BCUT2D eigenvalue weighted by molar-refractivity contribution is 0.219. The van der Waals surface area contributed by atoms with E-state index in [0.717, 1.165) is 11.1 Å². The Morgan fingerprint density at radius 3 is 2.70 bits per heavy atom. The highest BCUT2D eigenvalue weighted by Gasteiger charge is 2.32. The summed E-state index contributed by atoms with van der Waals surface area (Å²) in [6.45, 7) is 1.51. The van der Waals surface area contributed by atoms with Crippen LogP contribution in [0.3, 0.4) is 0 Å². The molecule has 3 heterocycles. The molecule has 27 heavy (non-hydrogen) atoms. The number of hydrogen-bond acceptors (Lipinski definition) is 8. The minimum atomic E-state index is 0.106. The Morgan fingerprint density at radius 2 is 2.11 bits per heavy atom. The zero-order valence-corrected chi connectivity index (χ0v) is 14.9. The van der Waals surface area contributed by atoms with Crippen LogP contribution in [-0.4, -0.2) is 68.4 Å². The molecule has 1 aromatic carbocycles. The van der Waals surface area contributed by atoms with Crippen molar-refractivity contribution >= 4 is 5.95 Å². The van der Waals surface area contributed by atoms with E-state index in [4.69, 9.17) is 0 Å². The van der Waals surface area contributed by atoms with E-state index in [1.54, 1.807) is 30.7 Å². The Bertz CT molecular complexity index is 887. The zero-order valence-electron chi connectivity index (χ0n) is 14.9. The molecule has 0 aliphatic carbocycles. The van der Waals surface area contributed by atoms with Crippen molar-refractivity contribution in [3.8, 4) is 28.1 Å². The van der Waals surface area contributed by atoms with Crippen LogP contribution in [0.5, 0.6) is 5.75 Å². The van der Waals surface area contributed by atoms with Crippen LogP contribution in [0.25, 0.3) is 22.4 Å². The number of nitrogens with zero attached hydrogens (tertiary/aromatic N) is 5. The third-order valence-corrected chi connectivity index (χ3v) is 4.98. The second-order valence-corrected chi connectivity index (χ2v) is 6.61. The van der Waals surface area contributed by atoms with Crippen molar-refractivity contribution in [3.05, 3.63) is 36.8 Å². The molecule has 3 aromatic rings. The average molecular weight is 367 g/mol. The molecule has 1 saturated heterocycles. The number of aromatic hydroxyl groups is 1. The second kappa shape index (κ2) is 7.29. The Kier molecular flexibility index (Phi) is 4.69. The molecular weight excluding hydrogens is 346 g/mol. The molecule has 4 rings (SSSR count). The summed E-state index contributed by atoms with van der Waals surface area (Å²) < 4.78 is 0.